The van der Waals surface area contributed by atoms with Crippen LogP contribution in [0.1, 0.15) is 21.5 Å². The Morgan fingerprint density at radius 1 is 1.29 bits per heavy atom. The molecule has 2 rings (SSSR count). The molecule has 0 heterocycles. The lowest BCUT2D eigenvalue weighted by molar-refractivity contribution is -0.384. The summed E-state index contributed by atoms with van der Waals surface area (Å²) in [4.78, 5) is 21.6. The van der Waals surface area contributed by atoms with Crippen molar-refractivity contribution in [3.05, 3.63) is 69.3 Å². The van der Waals surface area contributed by atoms with Gasteiger partial charge in [0, 0.05) is 12.1 Å². The van der Waals surface area contributed by atoms with Gasteiger partial charge < -0.3 is 10.4 Å². The van der Waals surface area contributed by atoms with E-state index in [2.05, 4.69) is 5.32 Å². The molecule has 0 aliphatic rings. The third-order valence-electron chi connectivity index (χ3n) is 3.08. The Bertz CT molecular complexity index is 698. The number of rotatable bonds is 5. The number of benzene rings is 2. The number of carbonyl (C=O) groups is 1. The second-order valence-electron chi connectivity index (χ2n) is 4.59. The van der Waals surface area contributed by atoms with Crippen LogP contribution in [-0.2, 0) is 6.54 Å². The zero-order valence-electron chi connectivity index (χ0n) is 11.4. The number of anilines is 1. The first kappa shape index (κ1) is 14.5. The number of nitro benzene ring substituents is 1. The number of nitrogens with zero attached hydrogens (tertiary/aromatic N) is 1. The third-order valence-corrected chi connectivity index (χ3v) is 3.08. The molecule has 0 unspecified atom stereocenters. The highest BCUT2D eigenvalue weighted by Gasteiger charge is 2.16. The summed E-state index contributed by atoms with van der Waals surface area (Å²) in [5.41, 5.74) is 1.95. The monoisotopic (exact) mass is 286 g/mol. The average molecular weight is 286 g/mol. The van der Waals surface area contributed by atoms with Crippen molar-refractivity contribution in [2.24, 2.45) is 0 Å². The topological polar surface area (TPSA) is 92.5 Å². The summed E-state index contributed by atoms with van der Waals surface area (Å²) in [7, 11) is 0. The highest BCUT2D eigenvalue weighted by molar-refractivity contribution is 5.87. The van der Waals surface area contributed by atoms with E-state index in [1.54, 1.807) is 37.3 Å². The molecule has 0 fully saturated rings. The van der Waals surface area contributed by atoms with Crippen LogP contribution in [0.4, 0.5) is 11.4 Å². The standard InChI is InChI=1S/C15H14N2O4/c1-10-4-2-7-13(14(10)17(20)21)16-9-11-5-3-6-12(8-11)15(18)19/h2-8,16H,9H2,1H3,(H,18,19). The number of aromatic carboxylic acids is 1. The summed E-state index contributed by atoms with van der Waals surface area (Å²) in [6, 6.07) is 11.5. The first-order valence-electron chi connectivity index (χ1n) is 6.29. The molecule has 0 saturated heterocycles. The van der Waals surface area contributed by atoms with Crippen LogP contribution in [-0.4, -0.2) is 16.0 Å². The van der Waals surface area contributed by atoms with Gasteiger partial charge in [-0.15, -0.1) is 0 Å². The lowest BCUT2D eigenvalue weighted by Gasteiger charge is -2.09. The molecule has 0 radical (unpaired) electrons. The molecular weight excluding hydrogens is 272 g/mol. The smallest absolute Gasteiger partial charge is 0.335 e. The second-order valence-corrected chi connectivity index (χ2v) is 4.59. The Morgan fingerprint density at radius 3 is 2.67 bits per heavy atom. The van der Waals surface area contributed by atoms with Crippen molar-refractivity contribution in [2.75, 3.05) is 5.32 Å². The first-order chi connectivity index (χ1) is 9.99. The van der Waals surface area contributed by atoms with Gasteiger partial charge in [-0.25, -0.2) is 4.79 Å². The maximum absolute atomic E-state index is 11.1. The van der Waals surface area contributed by atoms with Crippen molar-refractivity contribution in [1.29, 1.82) is 0 Å². The van der Waals surface area contributed by atoms with Crippen LogP contribution in [0.15, 0.2) is 42.5 Å². The molecule has 6 heteroatoms. The van der Waals surface area contributed by atoms with Crippen LogP contribution in [0, 0.1) is 17.0 Å². The molecule has 0 atom stereocenters. The molecule has 0 aliphatic carbocycles. The van der Waals surface area contributed by atoms with Gasteiger partial charge in [0.15, 0.2) is 0 Å². The Morgan fingerprint density at radius 2 is 2.00 bits per heavy atom. The largest absolute Gasteiger partial charge is 0.478 e. The van der Waals surface area contributed by atoms with Crippen molar-refractivity contribution in [3.8, 4) is 0 Å². The molecule has 21 heavy (non-hydrogen) atoms. The minimum Gasteiger partial charge on any atom is -0.478 e. The number of hydrogen-bond donors (Lipinski definition) is 2. The van der Waals surface area contributed by atoms with Gasteiger partial charge in [0.1, 0.15) is 5.69 Å². The van der Waals surface area contributed by atoms with Gasteiger partial charge in [-0.2, -0.15) is 0 Å². The number of aryl methyl sites for hydroxylation is 1. The molecular formula is C15H14N2O4. The molecule has 0 spiro atoms. The lowest BCUT2D eigenvalue weighted by atomic mass is 10.1. The van der Waals surface area contributed by atoms with E-state index in [0.29, 0.717) is 17.8 Å². The Hall–Kier alpha value is -2.89. The van der Waals surface area contributed by atoms with E-state index in [9.17, 15) is 14.9 Å². The first-order valence-corrected chi connectivity index (χ1v) is 6.29. The van der Waals surface area contributed by atoms with Gasteiger partial charge in [-0.3, -0.25) is 10.1 Å². The van der Waals surface area contributed by atoms with Crippen LogP contribution in [0.3, 0.4) is 0 Å². The second kappa shape index (κ2) is 6.04. The minimum atomic E-state index is -1.00. The average Bonchev–Trinajstić information content (AvgIpc) is 2.45. The van der Waals surface area contributed by atoms with E-state index < -0.39 is 10.9 Å². The quantitative estimate of drug-likeness (QED) is 0.650. The number of hydrogen-bond acceptors (Lipinski definition) is 4. The SMILES string of the molecule is Cc1cccc(NCc2cccc(C(=O)O)c2)c1[N+](=O)[O-]. The van der Waals surface area contributed by atoms with E-state index in [1.165, 1.54) is 12.1 Å². The molecule has 0 aromatic heterocycles. The summed E-state index contributed by atoms with van der Waals surface area (Å²) < 4.78 is 0. The van der Waals surface area contributed by atoms with Crippen molar-refractivity contribution in [3.63, 3.8) is 0 Å². The van der Waals surface area contributed by atoms with Gasteiger partial charge in [0.25, 0.3) is 5.69 Å². The number of nitro groups is 1. The fourth-order valence-corrected chi connectivity index (χ4v) is 2.06. The Labute approximate surface area is 121 Å². The molecule has 2 N–H and O–H groups in total. The number of carboxylic acid groups (broad SMARTS) is 1. The summed E-state index contributed by atoms with van der Waals surface area (Å²) in [5, 5.41) is 23.0. The summed E-state index contributed by atoms with van der Waals surface area (Å²) >= 11 is 0. The van der Waals surface area contributed by atoms with Gasteiger partial charge >= 0.3 is 5.97 Å². The molecule has 2 aromatic rings. The van der Waals surface area contributed by atoms with E-state index >= 15 is 0 Å². The highest BCUT2D eigenvalue weighted by Crippen LogP contribution is 2.28. The molecule has 0 saturated carbocycles. The van der Waals surface area contributed by atoms with Crippen LogP contribution in [0.25, 0.3) is 0 Å². The van der Waals surface area contributed by atoms with Crippen molar-refractivity contribution >= 4 is 17.3 Å². The summed E-state index contributed by atoms with van der Waals surface area (Å²) in [5.74, 6) is -1.00. The van der Waals surface area contributed by atoms with E-state index in [4.69, 9.17) is 5.11 Å². The maximum Gasteiger partial charge on any atom is 0.335 e. The third kappa shape index (κ3) is 3.36. The molecule has 0 bridgehead atoms. The predicted molar refractivity (Wildman–Crippen MR) is 78.6 cm³/mol. The fraction of sp³-hybridized carbons (Fsp3) is 0.133. The van der Waals surface area contributed by atoms with E-state index in [1.807, 2.05) is 0 Å². The number of nitrogens with one attached hydrogen (secondary N) is 1. The van der Waals surface area contributed by atoms with E-state index in [-0.39, 0.29) is 11.3 Å². The fourth-order valence-electron chi connectivity index (χ4n) is 2.06. The van der Waals surface area contributed by atoms with Gasteiger partial charge in [0.2, 0.25) is 0 Å². The van der Waals surface area contributed by atoms with Crippen molar-refractivity contribution in [2.45, 2.75) is 13.5 Å². The Balaban J connectivity index is 2.21. The maximum atomic E-state index is 11.1. The normalized spacial score (nSPS) is 10.1. The number of carboxylic acids is 1. The van der Waals surface area contributed by atoms with Gasteiger partial charge in [-0.1, -0.05) is 24.3 Å². The molecule has 6 nitrogen and oxygen atoms in total. The van der Waals surface area contributed by atoms with E-state index in [0.717, 1.165) is 5.56 Å². The molecule has 108 valence electrons. The van der Waals surface area contributed by atoms with Crippen LogP contribution < -0.4 is 5.32 Å². The highest BCUT2D eigenvalue weighted by atomic mass is 16.6. The predicted octanol–water partition coefficient (Wildman–Crippen LogP) is 3.21. The van der Waals surface area contributed by atoms with Gasteiger partial charge in [0.05, 0.1) is 10.5 Å². The van der Waals surface area contributed by atoms with Crippen LogP contribution in [0.2, 0.25) is 0 Å². The zero-order chi connectivity index (χ0) is 15.4. The van der Waals surface area contributed by atoms with Crippen molar-refractivity contribution < 1.29 is 14.8 Å². The number of para-hydroxylation sites is 1. The van der Waals surface area contributed by atoms with Gasteiger partial charge in [-0.05, 0) is 30.7 Å². The zero-order valence-corrected chi connectivity index (χ0v) is 11.4. The van der Waals surface area contributed by atoms with Crippen LogP contribution >= 0.6 is 0 Å². The minimum absolute atomic E-state index is 0.0342. The van der Waals surface area contributed by atoms with Crippen LogP contribution in [0.5, 0.6) is 0 Å². The van der Waals surface area contributed by atoms with Crippen molar-refractivity contribution in [1.82, 2.24) is 0 Å². The summed E-state index contributed by atoms with van der Waals surface area (Å²) in [6.45, 7) is 1.99. The molecule has 2 aromatic carbocycles. The lowest BCUT2D eigenvalue weighted by Crippen LogP contribution is -2.05. The summed E-state index contributed by atoms with van der Waals surface area (Å²) in [6.07, 6.45) is 0. The molecule has 0 aliphatic heterocycles. The Kier molecular flexibility index (Phi) is 4.18. The molecule has 0 amide bonds.